The Morgan fingerprint density at radius 3 is 2.35 bits per heavy atom. The fourth-order valence-electron chi connectivity index (χ4n) is 8.11. The van der Waals surface area contributed by atoms with E-state index in [0.29, 0.717) is 34.2 Å². The number of fused-ring (bicyclic) bond motifs is 1. The molecule has 258 valence electrons. The second-order valence-corrected chi connectivity index (χ2v) is 14.7. The first kappa shape index (κ1) is 35.3. The summed E-state index contributed by atoms with van der Waals surface area (Å²) in [6.45, 7) is 4.09. The maximum absolute atomic E-state index is 14.1. The molecule has 0 spiro atoms. The van der Waals surface area contributed by atoms with Crippen LogP contribution in [0.4, 0.5) is 0 Å². The minimum absolute atomic E-state index is 0.0945. The number of amides is 2. The van der Waals surface area contributed by atoms with Crippen molar-refractivity contribution in [1.82, 2.24) is 9.80 Å². The van der Waals surface area contributed by atoms with Gasteiger partial charge in [-0.25, -0.2) is 0 Å². The minimum Gasteiger partial charge on any atom is -0.504 e. The number of phenolic OH excluding ortho intramolecular Hbond substituents is 1. The van der Waals surface area contributed by atoms with Crippen LogP contribution in [0.5, 0.6) is 11.5 Å². The van der Waals surface area contributed by atoms with Crippen LogP contribution in [0.15, 0.2) is 83.9 Å². The largest absolute Gasteiger partial charge is 0.504 e. The Bertz CT molecular complexity index is 1720. The number of likely N-dealkylation sites (tertiary alicyclic amines) is 2. The van der Waals surface area contributed by atoms with Crippen LogP contribution in [0, 0.1) is 21.3 Å². The van der Waals surface area contributed by atoms with E-state index in [0.717, 1.165) is 54.7 Å². The monoisotopic (exact) mass is 776 g/mol. The molecule has 6 rings (SSSR count). The van der Waals surface area contributed by atoms with Crippen LogP contribution in [0.3, 0.4) is 0 Å². The number of hydrogen-bond donors (Lipinski definition) is 3. The van der Waals surface area contributed by atoms with Crippen LogP contribution in [-0.4, -0.2) is 75.9 Å². The van der Waals surface area contributed by atoms with E-state index in [-0.39, 0.29) is 30.2 Å². The summed E-state index contributed by atoms with van der Waals surface area (Å²) in [7, 11) is 1.52. The average Bonchev–Trinajstić information content (AvgIpc) is 3.36. The summed E-state index contributed by atoms with van der Waals surface area (Å²) in [5.41, 5.74) is 5.69. The van der Waals surface area contributed by atoms with Gasteiger partial charge in [-0.2, -0.15) is 0 Å². The first-order valence-corrected chi connectivity index (χ1v) is 18.2. The van der Waals surface area contributed by atoms with Crippen LogP contribution in [0.2, 0.25) is 0 Å². The van der Waals surface area contributed by atoms with Gasteiger partial charge in [0.2, 0.25) is 11.8 Å². The number of piperidine rings is 1. The Morgan fingerprint density at radius 1 is 1.02 bits per heavy atom. The SMILES string of the molecule is COc1cc(/C=C(/CC[C@@H](O)C2=C(C)C[C@H]3C(=O)N(C4CCN(Cc5ccccc5)CC4)C(=O)[C@H]3[C@H]2CO)c2ccccc2)cc(I)c1O. The van der Waals surface area contributed by atoms with E-state index in [1.54, 1.807) is 6.07 Å². The van der Waals surface area contributed by atoms with E-state index >= 15 is 0 Å². The van der Waals surface area contributed by atoms with Gasteiger partial charge in [0.15, 0.2) is 11.5 Å². The Morgan fingerprint density at radius 2 is 1.69 bits per heavy atom. The molecule has 3 aromatic rings. The predicted octanol–water partition coefficient (Wildman–Crippen LogP) is 6.28. The van der Waals surface area contributed by atoms with E-state index in [9.17, 15) is 24.9 Å². The molecule has 0 aromatic heterocycles. The highest BCUT2D eigenvalue weighted by molar-refractivity contribution is 14.1. The Hall–Kier alpha value is -3.51. The molecule has 3 N–H and O–H groups in total. The minimum atomic E-state index is -0.891. The van der Waals surface area contributed by atoms with Gasteiger partial charge in [0.1, 0.15) is 0 Å². The number of ether oxygens (including phenoxy) is 1. The first-order valence-electron chi connectivity index (χ1n) is 17.1. The predicted molar refractivity (Wildman–Crippen MR) is 198 cm³/mol. The average molecular weight is 777 g/mol. The van der Waals surface area contributed by atoms with Crippen LogP contribution >= 0.6 is 22.6 Å². The third kappa shape index (κ3) is 7.50. The summed E-state index contributed by atoms with van der Waals surface area (Å²) >= 11 is 2.08. The molecule has 3 aromatic carbocycles. The van der Waals surface area contributed by atoms with Gasteiger partial charge in [0, 0.05) is 31.6 Å². The van der Waals surface area contributed by atoms with Gasteiger partial charge in [0.05, 0.1) is 35.2 Å². The molecule has 49 heavy (non-hydrogen) atoms. The van der Waals surface area contributed by atoms with E-state index in [1.807, 2.05) is 67.6 Å². The number of aliphatic hydroxyl groups is 2. The molecule has 0 unspecified atom stereocenters. The number of methoxy groups -OCH3 is 1. The number of aliphatic hydroxyl groups excluding tert-OH is 2. The summed E-state index contributed by atoms with van der Waals surface area (Å²) in [6.07, 6.45) is 3.92. The summed E-state index contributed by atoms with van der Waals surface area (Å²) in [5, 5.41) is 32.8. The zero-order valence-corrected chi connectivity index (χ0v) is 30.3. The third-order valence-electron chi connectivity index (χ3n) is 10.5. The molecule has 9 heteroatoms. The molecule has 0 bridgehead atoms. The molecule has 8 nitrogen and oxygen atoms in total. The zero-order valence-electron chi connectivity index (χ0n) is 28.1. The van der Waals surface area contributed by atoms with Crippen molar-refractivity contribution in [1.29, 1.82) is 0 Å². The first-order chi connectivity index (χ1) is 23.7. The van der Waals surface area contributed by atoms with Gasteiger partial charge in [0.25, 0.3) is 0 Å². The maximum Gasteiger partial charge on any atom is 0.234 e. The number of phenols is 1. The lowest BCUT2D eigenvalue weighted by Gasteiger charge is -2.36. The summed E-state index contributed by atoms with van der Waals surface area (Å²) in [6, 6.07) is 23.8. The van der Waals surface area contributed by atoms with Gasteiger partial charge < -0.3 is 20.1 Å². The second kappa shape index (κ2) is 15.6. The quantitative estimate of drug-likeness (QED) is 0.0911. The number of hydrogen-bond acceptors (Lipinski definition) is 7. The topological polar surface area (TPSA) is 111 Å². The van der Waals surface area contributed by atoms with Crippen LogP contribution in [-0.2, 0) is 16.1 Å². The molecule has 4 atom stereocenters. The highest BCUT2D eigenvalue weighted by atomic mass is 127. The van der Waals surface area contributed by atoms with Crippen molar-refractivity contribution in [3.8, 4) is 11.5 Å². The number of carbonyl (C=O) groups is 2. The number of aromatic hydroxyl groups is 1. The van der Waals surface area contributed by atoms with Gasteiger partial charge in [-0.1, -0.05) is 72.3 Å². The number of nitrogens with zero attached hydrogens (tertiary/aromatic N) is 2. The number of imide groups is 1. The van der Waals surface area contributed by atoms with Gasteiger partial charge >= 0.3 is 0 Å². The van der Waals surface area contributed by atoms with Gasteiger partial charge in [-0.05, 0) is 102 Å². The smallest absolute Gasteiger partial charge is 0.234 e. The lowest BCUT2D eigenvalue weighted by molar-refractivity contribution is -0.144. The highest BCUT2D eigenvalue weighted by Gasteiger charge is 2.56. The van der Waals surface area contributed by atoms with Crippen LogP contribution in [0.25, 0.3) is 11.6 Å². The van der Waals surface area contributed by atoms with Crippen molar-refractivity contribution in [2.45, 2.75) is 57.7 Å². The molecule has 0 radical (unpaired) electrons. The second-order valence-electron chi connectivity index (χ2n) is 13.5. The Labute approximate surface area is 302 Å². The molecule has 2 fully saturated rings. The van der Waals surface area contributed by atoms with Crippen molar-refractivity contribution >= 4 is 46.1 Å². The molecular weight excluding hydrogens is 731 g/mol. The van der Waals surface area contributed by atoms with Crippen molar-refractivity contribution in [2.75, 3.05) is 26.8 Å². The van der Waals surface area contributed by atoms with Crippen molar-refractivity contribution in [3.63, 3.8) is 0 Å². The van der Waals surface area contributed by atoms with E-state index in [4.69, 9.17) is 4.74 Å². The van der Waals surface area contributed by atoms with Gasteiger partial charge in [-0.3, -0.25) is 19.4 Å². The standard InChI is InChI=1S/C40H45IN2O6/c1-25-19-31-37(40(48)43(39(31)47)30-15-17-42(18-16-30)23-26-9-5-3-6-10-26)32(24-44)36(25)34(45)14-13-29(28-11-7-4-8-12-28)20-27-21-33(41)38(46)35(22-27)49-2/h3-12,20-22,30-32,34,37,44-46H,13-19,23-24H2,1-2H3/b29-20-/t31-,32+,34-,37-/m1/s1. The van der Waals surface area contributed by atoms with Crippen LogP contribution in [0.1, 0.15) is 55.7 Å². The van der Waals surface area contributed by atoms with E-state index in [1.165, 1.54) is 17.6 Å². The lowest BCUT2D eigenvalue weighted by Crippen LogP contribution is -2.47. The summed E-state index contributed by atoms with van der Waals surface area (Å²) in [5.74, 6) is -1.63. The molecule has 1 aliphatic carbocycles. The Kier molecular flexibility index (Phi) is 11.2. The number of rotatable bonds is 11. The number of benzene rings is 3. The molecule has 2 saturated heterocycles. The fraction of sp³-hybridized carbons (Fsp3) is 0.400. The number of allylic oxidation sites excluding steroid dienone is 2. The van der Waals surface area contributed by atoms with E-state index in [2.05, 4.69) is 39.6 Å². The summed E-state index contributed by atoms with van der Waals surface area (Å²) in [4.78, 5) is 31.8. The van der Waals surface area contributed by atoms with Crippen LogP contribution < -0.4 is 4.74 Å². The van der Waals surface area contributed by atoms with Crippen molar-refractivity contribution < 1.29 is 29.6 Å². The molecule has 2 amide bonds. The Balaban J connectivity index is 1.17. The normalized spacial score (nSPS) is 22.8. The fourth-order valence-corrected chi connectivity index (χ4v) is 8.74. The maximum atomic E-state index is 14.1. The molecular formula is C40H45IN2O6. The number of carbonyl (C=O) groups excluding carboxylic acids is 2. The third-order valence-corrected chi connectivity index (χ3v) is 11.4. The summed E-state index contributed by atoms with van der Waals surface area (Å²) < 4.78 is 6.05. The molecule has 3 aliphatic rings. The number of halogens is 1. The van der Waals surface area contributed by atoms with Gasteiger partial charge in [-0.15, -0.1) is 0 Å². The highest BCUT2D eigenvalue weighted by Crippen LogP contribution is 2.47. The molecule has 2 aliphatic heterocycles. The van der Waals surface area contributed by atoms with E-state index < -0.39 is 23.9 Å². The van der Waals surface area contributed by atoms with Crippen molar-refractivity contribution in [3.05, 3.63) is 104 Å². The molecule has 0 saturated carbocycles. The molecule has 2 heterocycles. The van der Waals surface area contributed by atoms with Crippen molar-refractivity contribution in [2.24, 2.45) is 17.8 Å². The lowest BCUT2D eigenvalue weighted by atomic mass is 9.68. The zero-order chi connectivity index (χ0) is 34.7.